The van der Waals surface area contributed by atoms with E-state index < -0.39 is 9.84 Å². The van der Waals surface area contributed by atoms with Crippen molar-refractivity contribution in [1.29, 1.82) is 0 Å². The maximum absolute atomic E-state index is 11.6. The zero-order valence-corrected chi connectivity index (χ0v) is 14.7. The SMILES string of the molecule is CS(=O)(=O)CC1(CNc2ccc3nnc(-c4ccccc4)n3n2)CC1. The summed E-state index contributed by atoms with van der Waals surface area (Å²) in [5.41, 5.74) is 1.46. The van der Waals surface area contributed by atoms with Crippen LogP contribution in [0.4, 0.5) is 5.82 Å². The van der Waals surface area contributed by atoms with E-state index >= 15 is 0 Å². The second-order valence-corrected chi connectivity index (χ2v) is 8.94. The molecule has 25 heavy (non-hydrogen) atoms. The van der Waals surface area contributed by atoms with E-state index in [0.29, 0.717) is 23.8 Å². The highest BCUT2D eigenvalue weighted by molar-refractivity contribution is 7.90. The van der Waals surface area contributed by atoms with Gasteiger partial charge in [-0.15, -0.1) is 15.3 Å². The van der Waals surface area contributed by atoms with Crippen molar-refractivity contribution in [3.8, 4) is 11.4 Å². The Kier molecular flexibility index (Phi) is 3.72. The molecule has 130 valence electrons. The smallest absolute Gasteiger partial charge is 0.185 e. The molecule has 1 aliphatic carbocycles. The van der Waals surface area contributed by atoms with Crippen LogP contribution in [0.5, 0.6) is 0 Å². The lowest BCUT2D eigenvalue weighted by Gasteiger charge is -2.15. The quantitative estimate of drug-likeness (QED) is 0.726. The average molecular weight is 357 g/mol. The minimum absolute atomic E-state index is 0.153. The Hall–Kier alpha value is -2.48. The molecule has 8 heteroatoms. The molecule has 1 N–H and O–H groups in total. The van der Waals surface area contributed by atoms with Crippen LogP contribution in [-0.2, 0) is 9.84 Å². The number of nitrogens with one attached hydrogen (secondary N) is 1. The summed E-state index contributed by atoms with van der Waals surface area (Å²) >= 11 is 0. The first-order valence-corrected chi connectivity index (χ1v) is 10.2. The predicted octanol–water partition coefficient (Wildman–Crippen LogP) is 2.03. The average Bonchev–Trinajstić information content (AvgIpc) is 3.19. The number of benzene rings is 1. The number of anilines is 1. The molecule has 2 heterocycles. The minimum Gasteiger partial charge on any atom is -0.368 e. The van der Waals surface area contributed by atoms with E-state index in [1.54, 1.807) is 4.52 Å². The summed E-state index contributed by atoms with van der Waals surface area (Å²) < 4.78 is 24.9. The van der Waals surface area contributed by atoms with Crippen molar-refractivity contribution >= 4 is 21.3 Å². The van der Waals surface area contributed by atoms with Gasteiger partial charge in [-0.2, -0.15) is 4.52 Å². The van der Waals surface area contributed by atoms with Crippen molar-refractivity contribution in [3.05, 3.63) is 42.5 Å². The summed E-state index contributed by atoms with van der Waals surface area (Å²) in [5, 5.41) is 16.2. The molecule has 2 aromatic heterocycles. The fraction of sp³-hybridized carbons (Fsp3) is 0.353. The van der Waals surface area contributed by atoms with Crippen molar-refractivity contribution in [2.75, 3.05) is 23.9 Å². The van der Waals surface area contributed by atoms with Gasteiger partial charge in [-0.3, -0.25) is 0 Å². The molecule has 4 rings (SSSR count). The molecule has 1 aliphatic rings. The largest absolute Gasteiger partial charge is 0.368 e. The fourth-order valence-electron chi connectivity index (χ4n) is 3.03. The lowest BCUT2D eigenvalue weighted by molar-refractivity contribution is 0.560. The zero-order valence-electron chi connectivity index (χ0n) is 13.9. The van der Waals surface area contributed by atoms with E-state index in [2.05, 4.69) is 20.6 Å². The van der Waals surface area contributed by atoms with Crippen molar-refractivity contribution in [2.24, 2.45) is 5.41 Å². The Morgan fingerprint density at radius 3 is 2.56 bits per heavy atom. The van der Waals surface area contributed by atoms with Crippen LogP contribution >= 0.6 is 0 Å². The first kappa shape index (κ1) is 16.0. The lowest BCUT2D eigenvalue weighted by atomic mass is 10.1. The Bertz CT molecular complexity index is 1010. The van der Waals surface area contributed by atoms with Crippen LogP contribution in [-0.4, -0.2) is 46.8 Å². The first-order chi connectivity index (χ1) is 11.9. The van der Waals surface area contributed by atoms with E-state index in [9.17, 15) is 8.42 Å². The van der Waals surface area contributed by atoms with Crippen molar-refractivity contribution in [2.45, 2.75) is 12.8 Å². The van der Waals surface area contributed by atoms with Crippen LogP contribution in [0.3, 0.4) is 0 Å². The molecule has 3 aromatic rings. The van der Waals surface area contributed by atoms with E-state index in [0.717, 1.165) is 18.4 Å². The molecule has 0 radical (unpaired) electrons. The molecule has 1 aromatic carbocycles. The zero-order chi connectivity index (χ0) is 17.5. The van der Waals surface area contributed by atoms with Gasteiger partial charge in [0.2, 0.25) is 0 Å². The molecule has 0 spiro atoms. The van der Waals surface area contributed by atoms with Crippen LogP contribution in [0.2, 0.25) is 0 Å². The van der Waals surface area contributed by atoms with Crippen LogP contribution in [0.1, 0.15) is 12.8 Å². The van der Waals surface area contributed by atoms with Crippen LogP contribution in [0.25, 0.3) is 17.0 Å². The van der Waals surface area contributed by atoms with E-state index in [1.165, 1.54) is 6.26 Å². The van der Waals surface area contributed by atoms with Gasteiger partial charge in [-0.1, -0.05) is 30.3 Å². The molecule has 0 atom stereocenters. The highest BCUT2D eigenvalue weighted by Gasteiger charge is 2.45. The third-order valence-electron chi connectivity index (χ3n) is 4.46. The van der Waals surface area contributed by atoms with Gasteiger partial charge in [-0.05, 0) is 25.0 Å². The minimum atomic E-state index is -2.98. The fourth-order valence-corrected chi connectivity index (χ4v) is 4.54. The number of aromatic nitrogens is 4. The summed E-state index contributed by atoms with van der Waals surface area (Å²) in [4.78, 5) is 0. The Morgan fingerprint density at radius 1 is 1.12 bits per heavy atom. The highest BCUT2D eigenvalue weighted by atomic mass is 32.2. The summed E-state index contributed by atoms with van der Waals surface area (Å²) in [6.45, 7) is 0.599. The maximum Gasteiger partial charge on any atom is 0.185 e. The third kappa shape index (κ3) is 3.48. The number of nitrogens with zero attached hydrogens (tertiary/aromatic N) is 4. The summed E-state index contributed by atoms with van der Waals surface area (Å²) in [6, 6.07) is 13.5. The number of fused-ring (bicyclic) bond motifs is 1. The van der Waals surface area contributed by atoms with Gasteiger partial charge in [0.05, 0.1) is 5.75 Å². The Morgan fingerprint density at radius 2 is 1.88 bits per heavy atom. The molecule has 0 aliphatic heterocycles. The third-order valence-corrected chi connectivity index (χ3v) is 5.60. The summed E-state index contributed by atoms with van der Waals surface area (Å²) in [6.07, 6.45) is 3.15. The first-order valence-electron chi connectivity index (χ1n) is 8.14. The topological polar surface area (TPSA) is 89.2 Å². The van der Waals surface area contributed by atoms with Gasteiger partial charge in [-0.25, -0.2) is 8.42 Å². The maximum atomic E-state index is 11.6. The molecule has 0 unspecified atom stereocenters. The number of hydrogen-bond acceptors (Lipinski definition) is 6. The van der Waals surface area contributed by atoms with Gasteiger partial charge < -0.3 is 5.32 Å². The van der Waals surface area contributed by atoms with E-state index in [-0.39, 0.29) is 11.2 Å². The van der Waals surface area contributed by atoms with Gasteiger partial charge in [0.25, 0.3) is 0 Å². The van der Waals surface area contributed by atoms with Crippen molar-refractivity contribution in [1.82, 2.24) is 19.8 Å². The number of rotatable bonds is 6. The number of hydrogen-bond donors (Lipinski definition) is 1. The molecule has 0 saturated heterocycles. The van der Waals surface area contributed by atoms with Gasteiger partial charge in [0.15, 0.2) is 11.5 Å². The summed E-state index contributed by atoms with van der Waals surface area (Å²) in [5.74, 6) is 1.58. The van der Waals surface area contributed by atoms with Crippen LogP contribution in [0, 0.1) is 5.41 Å². The molecule has 7 nitrogen and oxygen atoms in total. The molecule has 1 fully saturated rings. The lowest BCUT2D eigenvalue weighted by Crippen LogP contribution is -2.24. The van der Waals surface area contributed by atoms with Crippen LogP contribution < -0.4 is 5.32 Å². The predicted molar refractivity (Wildman–Crippen MR) is 96.1 cm³/mol. The van der Waals surface area contributed by atoms with Gasteiger partial charge in [0, 0.05) is 23.8 Å². The summed E-state index contributed by atoms with van der Waals surface area (Å²) in [7, 11) is -2.98. The van der Waals surface area contributed by atoms with Crippen molar-refractivity contribution < 1.29 is 8.42 Å². The van der Waals surface area contributed by atoms with Gasteiger partial charge in [0.1, 0.15) is 15.7 Å². The molecular weight excluding hydrogens is 338 g/mol. The second kappa shape index (κ2) is 5.80. The van der Waals surface area contributed by atoms with E-state index in [4.69, 9.17) is 0 Å². The Balaban J connectivity index is 1.57. The second-order valence-electron chi connectivity index (χ2n) is 6.80. The molecule has 0 bridgehead atoms. The highest BCUT2D eigenvalue weighted by Crippen LogP contribution is 2.46. The van der Waals surface area contributed by atoms with Crippen molar-refractivity contribution in [3.63, 3.8) is 0 Å². The molecule has 1 saturated carbocycles. The normalized spacial score (nSPS) is 16.0. The molecule has 0 amide bonds. The standard InChI is InChI=1S/C17H19N5O2S/c1-25(23,24)12-17(9-10-17)11-18-14-7-8-15-19-20-16(22(15)21-14)13-5-3-2-4-6-13/h2-8H,9-12H2,1H3,(H,18,21). The molecular formula is C17H19N5O2S. The van der Waals surface area contributed by atoms with Crippen LogP contribution in [0.15, 0.2) is 42.5 Å². The number of sulfone groups is 1. The van der Waals surface area contributed by atoms with Gasteiger partial charge >= 0.3 is 0 Å². The Labute approximate surface area is 146 Å². The monoisotopic (exact) mass is 357 g/mol. The van der Waals surface area contributed by atoms with E-state index in [1.807, 2.05) is 42.5 Å².